The molecule has 2 heterocycles. The van der Waals surface area contributed by atoms with Gasteiger partial charge in [-0.15, -0.1) is 0 Å². The van der Waals surface area contributed by atoms with Crippen LogP contribution in [0.3, 0.4) is 0 Å². The Morgan fingerprint density at radius 2 is 1.29 bits per heavy atom. The summed E-state index contributed by atoms with van der Waals surface area (Å²) in [5.41, 5.74) is 0. The van der Waals surface area contributed by atoms with Crippen LogP contribution >= 0.6 is 0 Å². The van der Waals surface area contributed by atoms with E-state index in [9.17, 15) is 35.7 Å². The van der Waals surface area contributed by atoms with Crippen molar-refractivity contribution in [1.29, 1.82) is 0 Å². The van der Waals surface area contributed by atoms with Crippen LogP contribution in [0.2, 0.25) is 0 Å². The number of ether oxygens (including phenoxy) is 3. The van der Waals surface area contributed by atoms with Crippen LogP contribution in [0.15, 0.2) is 0 Å². The molecule has 12 heteroatoms. The van der Waals surface area contributed by atoms with Gasteiger partial charge in [0, 0.05) is 0 Å². The van der Waals surface area contributed by atoms with Gasteiger partial charge in [-0.05, 0) is 0 Å². The van der Waals surface area contributed by atoms with Crippen molar-refractivity contribution in [2.45, 2.75) is 61.1 Å². The molecule has 2 aliphatic heterocycles. The molecule has 2 saturated heterocycles. The second kappa shape index (κ2) is 7.41. The summed E-state index contributed by atoms with van der Waals surface area (Å²) < 4.78 is 14.7. The first kappa shape index (κ1) is 19.8. The summed E-state index contributed by atoms with van der Waals surface area (Å²) in [4.78, 5) is 0. The van der Waals surface area contributed by atoms with Crippen LogP contribution in [0.5, 0.6) is 0 Å². The van der Waals surface area contributed by atoms with E-state index in [1.807, 2.05) is 0 Å². The molecule has 12 nitrogen and oxygen atoms in total. The van der Waals surface area contributed by atoms with Crippen molar-refractivity contribution >= 4 is 0 Å². The highest BCUT2D eigenvalue weighted by Crippen LogP contribution is 2.33. The van der Waals surface area contributed by atoms with Gasteiger partial charge in [0.15, 0.2) is 12.4 Å². The topological polar surface area (TPSA) is 210 Å². The lowest BCUT2D eigenvalue weighted by atomic mass is 9.97. The fourth-order valence-electron chi connectivity index (χ4n) is 2.55. The third-order valence-corrected chi connectivity index (χ3v) is 4.06. The molecule has 0 aromatic carbocycles. The third-order valence-electron chi connectivity index (χ3n) is 4.06. The first-order chi connectivity index (χ1) is 11.2. The summed E-state index contributed by atoms with van der Waals surface area (Å²) in [6, 6.07) is 0. The standard InChI is InChI=1S/C12H22O12/c13-1-3-5(15)7(17)9(19)11(22-3)24-12(21)10(20)8(18)6(16)4(2-14)23-12/h3-11,13-21H,1-2H2/t3-,4-,5-,6-,7-,8-,9-,10-,11?,12?/m1/s1. The second-order valence-electron chi connectivity index (χ2n) is 5.71. The molecule has 142 valence electrons. The monoisotopic (exact) mass is 358 g/mol. The number of aliphatic hydroxyl groups is 9. The highest BCUT2D eigenvalue weighted by atomic mass is 16.9. The van der Waals surface area contributed by atoms with Gasteiger partial charge < -0.3 is 55.4 Å². The lowest BCUT2D eigenvalue weighted by Gasteiger charge is -2.48. The van der Waals surface area contributed by atoms with Crippen molar-refractivity contribution in [3.05, 3.63) is 0 Å². The first-order valence-corrected chi connectivity index (χ1v) is 7.19. The van der Waals surface area contributed by atoms with Crippen LogP contribution in [0.4, 0.5) is 0 Å². The van der Waals surface area contributed by atoms with Crippen molar-refractivity contribution in [2.24, 2.45) is 0 Å². The Balaban J connectivity index is 2.18. The Morgan fingerprint density at radius 3 is 1.83 bits per heavy atom. The molecule has 2 unspecified atom stereocenters. The van der Waals surface area contributed by atoms with E-state index in [-0.39, 0.29) is 0 Å². The van der Waals surface area contributed by atoms with E-state index in [4.69, 9.17) is 24.4 Å². The van der Waals surface area contributed by atoms with Gasteiger partial charge in [0.2, 0.25) is 0 Å². The highest BCUT2D eigenvalue weighted by molar-refractivity contribution is 4.94. The molecule has 0 saturated carbocycles. The smallest absolute Gasteiger partial charge is 0.313 e. The predicted molar refractivity (Wildman–Crippen MR) is 69.8 cm³/mol. The zero-order valence-electron chi connectivity index (χ0n) is 12.4. The summed E-state index contributed by atoms with van der Waals surface area (Å²) in [5.74, 6) is -3.01. The van der Waals surface area contributed by atoms with Crippen LogP contribution in [0.25, 0.3) is 0 Å². The summed E-state index contributed by atoms with van der Waals surface area (Å²) in [7, 11) is 0. The van der Waals surface area contributed by atoms with Gasteiger partial charge in [-0.3, -0.25) is 4.74 Å². The normalized spacial score (nSPS) is 53.1. The van der Waals surface area contributed by atoms with E-state index >= 15 is 0 Å². The van der Waals surface area contributed by atoms with Crippen molar-refractivity contribution in [3.63, 3.8) is 0 Å². The van der Waals surface area contributed by atoms with E-state index in [1.165, 1.54) is 0 Å². The third kappa shape index (κ3) is 3.41. The molecule has 0 radical (unpaired) electrons. The van der Waals surface area contributed by atoms with Crippen molar-refractivity contribution in [3.8, 4) is 0 Å². The molecule has 0 aromatic heterocycles. The Morgan fingerprint density at radius 1 is 0.750 bits per heavy atom. The zero-order chi connectivity index (χ0) is 18.2. The second-order valence-corrected chi connectivity index (χ2v) is 5.71. The Labute approximate surface area is 135 Å². The van der Waals surface area contributed by atoms with E-state index in [0.717, 1.165) is 0 Å². The van der Waals surface area contributed by atoms with Gasteiger partial charge in [-0.25, -0.2) is 0 Å². The molecule has 9 N–H and O–H groups in total. The summed E-state index contributed by atoms with van der Waals surface area (Å²) in [6.07, 6.45) is -16.1. The minimum Gasteiger partial charge on any atom is -0.394 e. The molecule has 24 heavy (non-hydrogen) atoms. The maximum Gasteiger partial charge on any atom is 0.313 e. The maximum absolute atomic E-state index is 10.2. The fourth-order valence-corrected chi connectivity index (χ4v) is 2.55. The van der Waals surface area contributed by atoms with Gasteiger partial charge in [0.1, 0.15) is 42.7 Å². The van der Waals surface area contributed by atoms with E-state index in [2.05, 4.69) is 0 Å². The van der Waals surface area contributed by atoms with Crippen LogP contribution in [-0.2, 0) is 14.2 Å². The van der Waals surface area contributed by atoms with Gasteiger partial charge in [0.25, 0.3) is 0 Å². The first-order valence-electron chi connectivity index (χ1n) is 7.19. The lowest BCUT2D eigenvalue weighted by molar-refractivity contribution is -0.488. The Hall–Kier alpha value is -0.480. The largest absolute Gasteiger partial charge is 0.394 e. The maximum atomic E-state index is 10.2. The average molecular weight is 358 g/mol. The fraction of sp³-hybridized carbons (Fsp3) is 1.00. The molecule has 0 amide bonds. The molecule has 2 aliphatic rings. The Kier molecular flexibility index (Phi) is 6.12. The summed E-state index contributed by atoms with van der Waals surface area (Å²) in [5, 5.41) is 86.7. The number of rotatable bonds is 4. The minimum absolute atomic E-state index is 0.757. The lowest BCUT2D eigenvalue weighted by Crippen LogP contribution is -2.69. The molecule has 0 bridgehead atoms. The molecular formula is C12H22O12. The van der Waals surface area contributed by atoms with E-state index in [0.29, 0.717) is 0 Å². The number of hydrogen-bond donors (Lipinski definition) is 9. The van der Waals surface area contributed by atoms with Crippen LogP contribution in [0, 0.1) is 0 Å². The zero-order valence-corrected chi connectivity index (χ0v) is 12.4. The van der Waals surface area contributed by atoms with Gasteiger partial charge in [0.05, 0.1) is 13.2 Å². The van der Waals surface area contributed by atoms with Crippen LogP contribution in [-0.4, -0.2) is 120 Å². The van der Waals surface area contributed by atoms with Crippen molar-refractivity contribution in [2.75, 3.05) is 13.2 Å². The van der Waals surface area contributed by atoms with E-state index < -0.39 is 74.3 Å². The predicted octanol–water partition coefficient (Wildman–Crippen LogP) is -6.08. The average Bonchev–Trinajstić information content (AvgIpc) is 2.57. The Bertz CT molecular complexity index is 419. The molecule has 0 spiro atoms. The molecule has 2 fully saturated rings. The molecule has 0 aromatic rings. The number of hydrogen-bond acceptors (Lipinski definition) is 12. The molecule has 0 aliphatic carbocycles. The summed E-state index contributed by atoms with van der Waals surface area (Å²) >= 11 is 0. The molecule has 10 atom stereocenters. The van der Waals surface area contributed by atoms with Gasteiger partial charge in [-0.2, -0.15) is 0 Å². The van der Waals surface area contributed by atoms with Crippen molar-refractivity contribution < 1.29 is 60.2 Å². The van der Waals surface area contributed by atoms with Crippen LogP contribution in [0.1, 0.15) is 0 Å². The summed E-state index contributed by atoms with van der Waals surface area (Å²) in [6.45, 7) is -1.60. The van der Waals surface area contributed by atoms with Gasteiger partial charge >= 0.3 is 5.97 Å². The highest BCUT2D eigenvalue weighted by Gasteiger charge is 2.57. The van der Waals surface area contributed by atoms with Gasteiger partial charge in [-0.1, -0.05) is 0 Å². The SMILES string of the molecule is OC[C@H]1OC(O)(OC2O[C@H](CO)[C@@H](O)[C@@H](O)[C@H]2O)[C@H](O)[C@H](O)[C@@H]1O. The molecule has 2 rings (SSSR count). The van der Waals surface area contributed by atoms with Crippen LogP contribution < -0.4 is 0 Å². The molecular weight excluding hydrogens is 336 g/mol. The van der Waals surface area contributed by atoms with Crippen molar-refractivity contribution in [1.82, 2.24) is 0 Å². The van der Waals surface area contributed by atoms with E-state index in [1.54, 1.807) is 0 Å². The number of aliphatic hydroxyl groups excluding tert-OH is 8. The quantitative estimate of drug-likeness (QED) is 0.215. The minimum atomic E-state index is -3.01.